The second-order valence-electron chi connectivity index (χ2n) is 5.14. The maximum Gasteiger partial charge on any atom is 0.324 e. The van der Waals surface area contributed by atoms with Gasteiger partial charge in [0.2, 0.25) is 10.0 Å². The van der Waals surface area contributed by atoms with Crippen LogP contribution >= 0.6 is 0 Å². The van der Waals surface area contributed by atoms with E-state index in [1.807, 2.05) is 0 Å². The Balaban J connectivity index is 2.20. The Bertz CT molecular complexity index is 598. The van der Waals surface area contributed by atoms with E-state index in [-0.39, 0.29) is 5.75 Å². The van der Waals surface area contributed by atoms with Gasteiger partial charge in [0.05, 0.1) is 12.9 Å². The first-order valence-electron chi connectivity index (χ1n) is 6.86. The number of nitrogens with zero attached hydrogens (tertiary/aromatic N) is 1. The third-order valence-corrected chi connectivity index (χ3v) is 5.46. The van der Waals surface area contributed by atoms with Crippen molar-refractivity contribution >= 4 is 21.7 Å². The van der Waals surface area contributed by atoms with Crippen molar-refractivity contribution in [2.45, 2.75) is 31.1 Å². The molecular weight excluding hydrogens is 292 g/mol. The molecule has 0 aromatic heterocycles. The van der Waals surface area contributed by atoms with Crippen LogP contribution in [0.25, 0.3) is 0 Å². The van der Waals surface area contributed by atoms with Crippen molar-refractivity contribution in [1.82, 2.24) is 4.31 Å². The van der Waals surface area contributed by atoms with Gasteiger partial charge >= 0.3 is 5.97 Å². The summed E-state index contributed by atoms with van der Waals surface area (Å²) in [5.74, 6) is -0.628. The van der Waals surface area contributed by atoms with Gasteiger partial charge in [-0.3, -0.25) is 4.79 Å². The van der Waals surface area contributed by atoms with E-state index in [1.165, 1.54) is 11.4 Å². The fourth-order valence-electron chi connectivity index (χ4n) is 2.52. The highest BCUT2D eigenvalue weighted by atomic mass is 32.2. The first-order valence-corrected chi connectivity index (χ1v) is 8.47. The molecule has 0 radical (unpaired) electrons. The molecule has 1 fully saturated rings. The van der Waals surface area contributed by atoms with E-state index >= 15 is 0 Å². The molecule has 116 valence electrons. The molecule has 21 heavy (non-hydrogen) atoms. The summed E-state index contributed by atoms with van der Waals surface area (Å²) in [5, 5.41) is 0. The molecule has 7 heteroatoms. The molecule has 0 bridgehead atoms. The van der Waals surface area contributed by atoms with E-state index in [0.717, 1.165) is 12.8 Å². The lowest BCUT2D eigenvalue weighted by Gasteiger charge is -2.32. The molecule has 0 spiro atoms. The number of sulfonamides is 1. The van der Waals surface area contributed by atoms with Gasteiger partial charge in [-0.25, -0.2) is 8.42 Å². The number of esters is 1. The highest BCUT2D eigenvalue weighted by Crippen LogP contribution is 2.24. The van der Waals surface area contributed by atoms with Crippen LogP contribution in [0.5, 0.6) is 0 Å². The van der Waals surface area contributed by atoms with Crippen LogP contribution in [0.2, 0.25) is 0 Å². The SMILES string of the molecule is COC(=O)C1CCCCN1S(=O)(=O)Cc1ccc(N)cc1. The molecule has 1 aromatic carbocycles. The van der Waals surface area contributed by atoms with Gasteiger partial charge in [-0.2, -0.15) is 4.31 Å². The van der Waals surface area contributed by atoms with Gasteiger partial charge in [-0.05, 0) is 37.0 Å². The molecule has 1 unspecified atom stereocenters. The van der Waals surface area contributed by atoms with Crippen molar-refractivity contribution in [3.05, 3.63) is 29.8 Å². The number of piperidine rings is 1. The number of nitrogen functional groups attached to an aromatic ring is 1. The van der Waals surface area contributed by atoms with E-state index in [9.17, 15) is 13.2 Å². The third-order valence-electron chi connectivity index (χ3n) is 3.61. The van der Waals surface area contributed by atoms with E-state index in [4.69, 9.17) is 10.5 Å². The van der Waals surface area contributed by atoms with Gasteiger partial charge in [-0.1, -0.05) is 12.1 Å². The van der Waals surface area contributed by atoms with Crippen LogP contribution in [0.4, 0.5) is 5.69 Å². The molecule has 1 aromatic rings. The van der Waals surface area contributed by atoms with Crippen molar-refractivity contribution in [1.29, 1.82) is 0 Å². The molecule has 1 atom stereocenters. The highest BCUT2D eigenvalue weighted by Gasteiger charge is 2.37. The minimum atomic E-state index is -3.56. The molecule has 2 rings (SSSR count). The number of anilines is 1. The Labute approximate surface area is 124 Å². The number of rotatable bonds is 4. The Kier molecular flexibility index (Phi) is 4.84. The van der Waals surface area contributed by atoms with E-state index in [2.05, 4.69) is 0 Å². The van der Waals surface area contributed by atoms with Gasteiger partial charge < -0.3 is 10.5 Å². The summed E-state index contributed by atoms with van der Waals surface area (Å²) >= 11 is 0. The summed E-state index contributed by atoms with van der Waals surface area (Å²) < 4.78 is 31.1. The van der Waals surface area contributed by atoms with Crippen molar-refractivity contribution in [2.75, 3.05) is 19.4 Å². The van der Waals surface area contributed by atoms with Gasteiger partial charge in [0.1, 0.15) is 6.04 Å². The van der Waals surface area contributed by atoms with Crippen LogP contribution in [-0.4, -0.2) is 38.4 Å². The summed E-state index contributed by atoms with van der Waals surface area (Å²) in [6.07, 6.45) is 2.09. The summed E-state index contributed by atoms with van der Waals surface area (Å²) in [6, 6.07) is 5.99. The number of benzene rings is 1. The van der Waals surface area contributed by atoms with Gasteiger partial charge in [0.25, 0.3) is 0 Å². The smallest absolute Gasteiger partial charge is 0.324 e. The maximum absolute atomic E-state index is 12.6. The van der Waals surface area contributed by atoms with Crippen LogP contribution in [-0.2, 0) is 25.3 Å². The number of nitrogens with two attached hydrogens (primary N) is 1. The molecular formula is C14H20N2O4S. The van der Waals surface area contributed by atoms with Crippen LogP contribution < -0.4 is 5.73 Å². The molecule has 1 aliphatic rings. The average Bonchev–Trinajstić information content (AvgIpc) is 2.48. The molecule has 1 heterocycles. The molecule has 0 saturated carbocycles. The molecule has 1 saturated heterocycles. The van der Waals surface area contributed by atoms with Gasteiger partial charge in [-0.15, -0.1) is 0 Å². The normalized spacial score (nSPS) is 20.1. The number of ether oxygens (including phenoxy) is 1. The fraction of sp³-hybridized carbons (Fsp3) is 0.500. The topological polar surface area (TPSA) is 89.7 Å². The second-order valence-corrected chi connectivity index (χ2v) is 7.06. The predicted octanol–water partition coefficient (Wildman–Crippen LogP) is 1.13. The molecule has 2 N–H and O–H groups in total. The number of carbonyl (C=O) groups excluding carboxylic acids is 1. The fourth-order valence-corrected chi connectivity index (χ4v) is 4.28. The van der Waals surface area contributed by atoms with Crippen LogP contribution in [0.3, 0.4) is 0 Å². The van der Waals surface area contributed by atoms with Crippen LogP contribution in [0, 0.1) is 0 Å². The molecule has 1 aliphatic heterocycles. The van der Waals surface area contributed by atoms with Crippen LogP contribution in [0.1, 0.15) is 24.8 Å². The average molecular weight is 312 g/mol. The Morgan fingerprint density at radius 3 is 2.62 bits per heavy atom. The third kappa shape index (κ3) is 3.74. The first kappa shape index (κ1) is 15.8. The summed E-state index contributed by atoms with van der Waals surface area (Å²) in [4.78, 5) is 11.8. The van der Waals surface area contributed by atoms with Crippen molar-refractivity contribution in [3.63, 3.8) is 0 Å². The largest absolute Gasteiger partial charge is 0.468 e. The van der Waals surface area contributed by atoms with Crippen molar-refractivity contribution < 1.29 is 17.9 Å². The lowest BCUT2D eigenvalue weighted by molar-refractivity contribution is -0.146. The molecule has 0 amide bonds. The molecule has 6 nitrogen and oxygen atoms in total. The maximum atomic E-state index is 12.6. The number of carbonyl (C=O) groups is 1. The van der Waals surface area contributed by atoms with Crippen molar-refractivity contribution in [3.8, 4) is 0 Å². The Morgan fingerprint density at radius 2 is 2.00 bits per heavy atom. The summed E-state index contributed by atoms with van der Waals surface area (Å²) in [6.45, 7) is 0.358. The zero-order chi connectivity index (χ0) is 15.5. The minimum Gasteiger partial charge on any atom is -0.468 e. The number of hydrogen-bond acceptors (Lipinski definition) is 5. The van der Waals surface area contributed by atoms with Gasteiger partial charge in [0, 0.05) is 12.2 Å². The summed E-state index contributed by atoms with van der Waals surface area (Å²) in [7, 11) is -2.28. The standard InChI is InChI=1S/C14H20N2O4S/c1-20-14(17)13-4-2-3-9-16(13)21(18,19)10-11-5-7-12(15)8-6-11/h5-8,13H,2-4,9-10,15H2,1H3. The van der Waals surface area contributed by atoms with E-state index in [0.29, 0.717) is 24.2 Å². The molecule has 0 aliphatic carbocycles. The monoisotopic (exact) mass is 312 g/mol. The predicted molar refractivity (Wildman–Crippen MR) is 79.8 cm³/mol. The van der Waals surface area contributed by atoms with Gasteiger partial charge in [0.15, 0.2) is 0 Å². The zero-order valence-corrected chi connectivity index (χ0v) is 12.8. The zero-order valence-electron chi connectivity index (χ0n) is 12.0. The summed E-state index contributed by atoms with van der Waals surface area (Å²) in [5.41, 5.74) is 6.83. The quantitative estimate of drug-likeness (QED) is 0.665. The Hall–Kier alpha value is -1.60. The minimum absolute atomic E-state index is 0.138. The van der Waals surface area contributed by atoms with E-state index < -0.39 is 22.0 Å². The van der Waals surface area contributed by atoms with Crippen molar-refractivity contribution in [2.24, 2.45) is 0 Å². The highest BCUT2D eigenvalue weighted by molar-refractivity contribution is 7.88. The van der Waals surface area contributed by atoms with E-state index in [1.54, 1.807) is 24.3 Å². The number of hydrogen-bond donors (Lipinski definition) is 1. The lowest BCUT2D eigenvalue weighted by atomic mass is 10.1. The first-order chi connectivity index (χ1) is 9.94. The number of methoxy groups -OCH3 is 1. The lowest BCUT2D eigenvalue weighted by Crippen LogP contribution is -2.48. The Morgan fingerprint density at radius 1 is 1.33 bits per heavy atom. The second kappa shape index (κ2) is 6.44. The van der Waals surface area contributed by atoms with Crippen LogP contribution in [0.15, 0.2) is 24.3 Å².